The summed E-state index contributed by atoms with van der Waals surface area (Å²) < 4.78 is 1.72. The molecule has 19 heavy (non-hydrogen) atoms. The van der Waals surface area contributed by atoms with E-state index in [1.54, 1.807) is 16.7 Å². The minimum atomic E-state index is 0.0866. The van der Waals surface area contributed by atoms with Gasteiger partial charge in [0.25, 0.3) is 0 Å². The Balaban J connectivity index is 1.93. The first-order valence-electron chi connectivity index (χ1n) is 6.34. The van der Waals surface area contributed by atoms with Crippen molar-refractivity contribution in [1.29, 1.82) is 0 Å². The molecule has 1 aromatic carbocycles. The fourth-order valence-electron chi connectivity index (χ4n) is 2.48. The van der Waals surface area contributed by atoms with Crippen LogP contribution in [0.4, 0.5) is 5.95 Å². The van der Waals surface area contributed by atoms with Gasteiger partial charge in [-0.25, -0.2) is 4.98 Å². The summed E-state index contributed by atoms with van der Waals surface area (Å²) in [5.74, 6) is 0.438. The highest BCUT2D eigenvalue weighted by Crippen LogP contribution is 2.22. The zero-order chi connectivity index (χ0) is 13.4. The lowest BCUT2D eigenvalue weighted by atomic mass is 10.3. The van der Waals surface area contributed by atoms with Crippen molar-refractivity contribution in [3.63, 3.8) is 0 Å². The fraction of sp³-hybridized carbons (Fsp3) is 0.385. The first-order chi connectivity index (χ1) is 9.15. The fourth-order valence-corrected chi connectivity index (χ4v) is 2.65. The molecule has 0 saturated carbocycles. The number of nitrogen functional groups attached to an aromatic ring is 1. The number of aromatic nitrogens is 2. The summed E-state index contributed by atoms with van der Waals surface area (Å²) in [6, 6.07) is 5.37. The third-order valence-corrected chi connectivity index (χ3v) is 3.73. The average Bonchev–Trinajstić information content (AvgIpc) is 2.99. The van der Waals surface area contributed by atoms with Crippen molar-refractivity contribution < 1.29 is 4.79 Å². The van der Waals surface area contributed by atoms with Crippen LogP contribution >= 0.6 is 11.6 Å². The van der Waals surface area contributed by atoms with E-state index in [1.165, 1.54) is 0 Å². The molecule has 1 saturated heterocycles. The first-order valence-corrected chi connectivity index (χ1v) is 6.72. The molecule has 1 aliphatic rings. The Morgan fingerprint density at radius 1 is 1.37 bits per heavy atom. The number of hydrogen-bond acceptors (Lipinski definition) is 3. The van der Waals surface area contributed by atoms with Gasteiger partial charge in [-0.05, 0) is 31.0 Å². The predicted molar refractivity (Wildman–Crippen MR) is 75.0 cm³/mol. The molecule has 0 aliphatic carbocycles. The zero-order valence-electron chi connectivity index (χ0n) is 10.5. The van der Waals surface area contributed by atoms with E-state index in [1.807, 2.05) is 11.0 Å². The number of carbonyl (C=O) groups is 1. The second kappa shape index (κ2) is 4.74. The van der Waals surface area contributed by atoms with Crippen molar-refractivity contribution in [3.8, 4) is 0 Å². The summed E-state index contributed by atoms with van der Waals surface area (Å²) in [6.45, 7) is 1.90. The molecule has 3 rings (SSSR count). The minimum absolute atomic E-state index is 0.0866. The number of carbonyl (C=O) groups excluding carboxylic acids is 1. The van der Waals surface area contributed by atoms with Gasteiger partial charge in [-0.3, -0.25) is 4.79 Å². The number of fused-ring (bicyclic) bond motifs is 1. The van der Waals surface area contributed by atoms with Gasteiger partial charge >= 0.3 is 0 Å². The number of hydrogen-bond donors (Lipinski definition) is 1. The van der Waals surface area contributed by atoms with E-state index >= 15 is 0 Å². The molecule has 1 fully saturated rings. The normalized spacial score (nSPS) is 15.3. The molecule has 1 amide bonds. The predicted octanol–water partition coefficient (Wildman–Crippen LogP) is 1.89. The van der Waals surface area contributed by atoms with E-state index in [4.69, 9.17) is 17.3 Å². The third-order valence-electron chi connectivity index (χ3n) is 3.49. The molecule has 0 spiro atoms. The number of nitrogens with zero attached hydrogens (tertiary/aromatic N) is 3. The SMILES string of the molecule is Nc1nc2ccc(Cl)cc2n1CC(=O)N1CCCC1. The maximum Gasteiger partial charge on any atom is 0.242 e. The van der Waals surface area contributed by atoms with Gasteiger partial charge in [-0.15, -0.1) is 0 Å². The second-order valence-corrected chi connectivity index (χ2v) is 5.21. The molecule has 0 bridgehead atoms. The van der Waals surface area contributed by atoms with Gasteiger partial charge < -0.3 is 15.2 Å². The van der Waals surface area contributed by atoms with Crippen LogP contribution in [0.3, 0.4) is 0 Å². The first kappa shape index (κ1) is 12.3. The Kier molecular flexibility index (Phi) is 3.06. The number of amides is 1. The number of benzene rings is 1. The molecule has 0 atom stereocenters. The molecule has 0 radical (unpaired) electrons. The minimum Gasteiger partial charge on any atom is -0.369 e. The van der Waals surface area contributed by atoms with Crippen LogP contribution in [0, 0.1) is 0 Å². The maximum absolute atomic E-state index is 12.2. The number of imidazole rings is 1. The Morgan fingerprint density at radius 3 is 2.84 bits per heavy atom. The lowest BCUT2D eigenvalue weighted by Crippen LogP contribution is -2.31. The second-order valence-electron chi connectivity index (χ2n) is 4.78. The van der Waals surface area contributed by atoms with E-state index in [0.717, 1.165) is 37.0 Å². The van der Waals surface area contributed by atoms with Crippen LogP contribution in [0.5, 0.6) is 0 Å². The van der Waals surface area contributed by atoms with Crippen LogP contribution in [0.25, 0.3) is 11.0 Å². The molecule has 2 aromatic rings. The summed E-state index contributed by atoms with van der Waals surface area (Å²) in [4.78, 5) is 18.3. The number of anilines is 1. The molecular formula is C13H15ClN4O. The molecule has 2 heterocycles. The summed E-state index contributed by atoms with van der Waals surface area (Å²) in [6.07, 6.45) is 2.16. The Labute approximate surface area is 116 Å². The van der Waals surface area contributed by atoms with Gasteiger partial charge in [-0.1, -0.05) is 11.6 Å². The van der Waals surface area contributed by atoms with Gasteiger partial charge in [0, 0.05) is 18.1 Å². The summed E-state index contributed by atoms with van der Waals surface area (Å²) in [5, 5.41) is 0.613. The maximum atomic E-state index is 12.2. The van der Waals surface area contributed by atoms with E-state index in [0.29, 0.717) is 11.0 Å². The van der Waals surface area contributed by atoms with Crippen molar-refractivity contribution in [2.24, 2.45) is 0 Å². The van der Waals surface area contributed by atoms with Crippen LogP contribution in [-0.2, 0) is 11.3 Å². The smallest absolute Gasteiger partial charge is 0.242 e. The monoisotopic (exact) mass is 278 g/mol. The number of nitrogens with two attached hydrogens (primary N) is 1. The molecular weight excluding hydrogens is 264 g/mol. The average molecular weight is 279 g/mol. The molecule has 6 heteroatoms. The van der Waals surface area contributed by atoms with Crippen LogP contribution in [-0.4, -0.2) is 33.4 Å². The van der Waals surface area contributed by atoms with Crippen molar-refractivity contribution >= 4 is 34.5 Å². The van der Waals surface area contributed by atoms with Gasteiger partial charge in [0.05, 0.1) is 11.0 Å². The summed E-state index contributed by atoms with van der Waals surface area (Å²) >= 11 is 5.99. The van der Waals surface area contributed by atoms with Gasteiger partial charge in [0.2, 0.25) is 11.9 Å². The Hall–Kier alpha value is -1.75. The van der Waals surface area contributed by atoms with E-state index in [-0.39, 0.29) is 12.5 Å². The Morgan fingerprint density at radius 2 is 2.11 bits per heavy atom. The highest BCUT2D eigenvalue weighted by atomic mass is 35.5. The molecule has 1 aromatic heterocycles. The van der Waals surface area contributed by atoms with Crippen molar-refractivity contribution in [1.82, 2.24) is 14.5 Å². The number of likely N-dealkylation sites (tertiary alicyclic amines) is 1. The van der Waals surface area contributed by atoms with Crippen LogP contribution < -0.4 is 5.73 Å². The zero-order valence-corrected chi connectivity index (χ0v) is 11.2. The highest BCUT2D eigenvalue weighted by Gasteiger charge is 2.20. The van der Waals surface area contributed by atoms with Crippen molar-refractivity contribution in [2.45, 2.75) is 19.4 Å². The highest BCUT2D eigenvalue weighted by molar-refractivity contribution is 6.31. The standard InChI is InChI=1S/C13H15ClN4O/c14-9-3-4-10-11(7-9)18(13(15)16-10)8-12(19)17-5-1-2-6-17/h3-4,7H,1-2,5-6,8H2,(H2,15,16). The molecule has 0 unspecified atom stereocenters. The number of halogens is 1. The lowest BCUT2D eigenvalue weighted by molar-refractivity contribution is -0.130. The van der Waals surface area contributed by atoms with E-state index in [2.05, 4.69) is 4.98 Å². The van der Waals surface area contributed by atoms with E-state index in [9.17, 15) is 4.79 Å². The van der Waals surface area contributed by atoms with Crippen molar-refractivity contribution in [2.75, 3.05) is 18.8 Å². The van der Waals surface area contributed by atoms with Crippen LogP contribution in [0.1, 0.15) is 12.8 Å². The van der Waals surface area contributed by atoms with Crippen LogP contribution in [0.15, 0.2) is 18.2 Å². The van der Waals surface area contributed by atoms with Gasteiger partial charge in [-0.2, -0.15) is 0 Å². The molecule has 1 aliphatic heterocycles. The molecule has 2 N–H and O–H groups in total. The van der Waals surface area contributed by atoms with Crippen LogP contribution in [0.2, 0.25) is 5.02 Å². The van der Waals surface area contributed by atoms with Gasteiger partial charge in [0.15, 0.2) is 0 Å². The van der Waals surface area contributed by atoms with E-state index < -0.39 is 0 Å². The largest absolute Gasteiger partial charge is 0.369 e. The Bertz CT molecular complexity index is 631. The van der Waals surface area contributed by atoms with Crippen molar-refractivity contribution in [3.05, 3.63) is 23.2 Å². The van der Waals surface area contributed by atoms with Gasteiger partial charge in [0.1, 0.15) is 6.54 Å². The summed E-state index contributed by atoms with van der Waals surface area (Å²) in [7, 11) is 0. The summed E-state index contributed by atoms with van der Waals surface area (Å²) in [5.41, 5.74) is 7.45. The quantitative estimate of drug-likeness (QED) is 0.912. The molecule has 100 valence electrons. The third kappa shape index (κ3) is 2.26. The lowest BCUT2D eigenvalue weighted by Gasteiger charge is -2.16. The topological polar surface area (TPSA) is 64.1 Å². The molecule has 5 nitrogen and oxygen atoms in total. The number of rotatable bonds is 2.